The molecule has 0 fully saturated rings. The van der Waals surface area contributed by atoms with Crippen LogP contribution in [0.15, 0.2) is 24.3 Å². The van der Waals surface area contributed by atoms with E-state index in [2.05, 4.69) is 10.1 Å². The molecule has 0 atom stereocenters. The Morgan fingerprint density at radius 3 is 2.39 bits per heavy atom. The van der Waals surface area contributed by atoms with Crippen LogP contribution < -0.4 is 10.1 Å². The molecule has 0 saturated heterocycles. The van der Waals surface area contributed by atoms with Crippen LogP contribution in [-0.4, -0.2) is 48.7 Å². The predicted molar refractivity (Wildman–Crippen MR) is 82.4 cm³/mol. The average molecular weight is 350 g/mol. The first-order valence-electron chi connectivity index (χ1n) is 6.60. The number of nitrogens with one attached hydrogen (secondary N) is 1. The fraction of sp³-hybridized carbons (Fsp3) is 0.429. The van der Waals surface area contributed by atoms with E-state index in [4.69, 9.17) is 0 Å². The molecule has 0 aromatic heterocycles. The number of nitrogens with zero attached hydrogens (tertiary/aromatic N) is 1. The van der Waals surface area contributed by atoms with Crippen molar-refractivity contribution in [2.45, 2.75) is 12.8 Å². The van der Waals surface area contributed by atoms with E-state index in [1.54, 1.807) is 0 Å². The summed E-state index contributed by atoms with van der Waals surface area (Å²) < 4.78 is 39.8. The van der Waals surface area contributed by atoms with Gasteiger partial charge in [0.2, 0.25) is 11.8 Å². The second kappa shape index (κ2) is 8.66. The fourth-order valence-electron chi connectivity index (χ4n) is 1.62. The maximum atomic E-state index is 12.0. The third-order valence-electron chi connectivity index (χ3n) is 2.70. The summed E-state index contributed by atoms with van der Waals surface area (Å²) in [6.07, 6.45) is -2.54. The predicted octanol–water partition coefficient (Wildman–Crippen LogP) is 2.74. The number of benzene rings is 1. The number of carbonyl (C=O) groups excluding carboxylic acids is 2. The summed E-state index contributed by atoms with van der Waals surface area (Å²) in [7, 11) is 1.52. The number of anilines is 1. The molecule has 0 radical (unpaired) electrons. The molecular formula is C14H17F3N2O3S. The van der Waals surface area contributed by atoms with E-state index in [1.165, 1.54) is 35.8 Å². The van der Waals surface area contributed by atoms with Crippen LogP contribution in [0.3, 0.4) is 0 Å². The molecule has 0 heterocycles. The van der Waals surface area contributed by atoms with Crippen LogP contribution in [0.1, 0.15) is 6.42 Å². The van der Waals surface area contributed by atoms with E-state index >= 15 is 0 Å². The van der Waals surface area contributed by atoms with E-state index in [1.807, 2.05) is 6.26 Å². The maximum Gasteiger partial charge on any atom is 0.573 e. The van der Waals surface area contributed by atoms with Gasteiger partial charge in [-0.25, -0.2) is 0 Å². The Hall–Kier alpha value is -1.90. The second-order valence-electron chi connectivity index (χ2n) is 4.61. The Kier molecular flexibility index (Phi) is 7.21. The Labute approximate surface area is 136 Å². The van der Waals surface area contributed by atoms with Crippen molar-refractivity contribution in [1.29, 1.82) is 0 Å². The first kappa shape index (κ1) is 19.1. The van der Waals surface area contributed by atoms with Crippen LogP contribution in [0.5, 0.6) is 5.75 Å². The number of likely N-dealkylation sites (N-methyl/N-ethyl adjacent to an activating group) is 1. The lowest BCUT2D eigenvalue weighted by Crippen LogP contribution is -2.35. The van der Waals surface area contributed by atoms with Crippen molar-refractivity contribution in [2.75, 3.05) is 30.9 Å². The van der Waals surface area contributed by atoms with E-state index in [0.29, 0.717) is 17.9 Å². The highest BCUT2D eigenvalue weighted by Gasteiger charge is 2.30. The number of alkyl halides is 3. The van der Waals surface area contributed by atoms with Gasteiger partial charge in [0.15, 0.2) is 0 Å². The third-order valence-corrected chi connectivity index (χ3v) is 3.31. The lowest BCUT2D eigenvalue weighted by molar-refractivity contribution is -0.274. The van der Waals surface area contributed by atoms with Crippen LogP contribution in [0.25, 0.3) is 0 Å². The summed E-state index contributed by atoms with van der Waals surface area (Å²) in [4.78, 5) is 24.8. The molecule has 0 spiro atoms. The maximum absolute atomic E-state index is 12.0. The Morgan fingerprint density at radius 1 is 1.26 bits per heavy atom. The van der Waals surface area contributed by atoms with Crippen molar-refractivity contribution in [3.63, 3.8) is 0 Å². The van der Waals surface area contributed by atoms with Gasteiger partial charge in [-0.15, -0.1) is 13.2 Å². The van der Waals surface area contributed by atoms with Crippen molar-refractivity contribution in [3.8, 4) is 5.75 Å². The van der Waals surface area contributed by atoms with Gasteiger partial charge in [-0.3, -0.25) is 9.59 Å². The van der Waals surface area contributed by atoms with Crippen LogP contribution in [-0.2, 0) is 9.59 Å². The number of hydrogen-bond acceptors (Lipinski definition) is 4. The minimum absolute atomic E-state index is 0.131. The van der Waals surface area contributed by atoms with Gasteiger partial charge in [0.25, 0.3) is 0 Å². The first-order valence-corrected chi connectivity index (χ1v) is 7.99. The van der Waals surface area contributed by atoms with Crippen molar-refractivity contribution in [2.24, 2.45) is 0 Å². The van der Waals surface area contributed by atoms with E-state index in [0.717, 1.165) is 12.1 Å². The first-order chi connectivity index (χ1) is 10.7. The summed E-state index contributed by atoms with van der Waals surface area (Å²) in [6, 6.07) is 4.76. The van der Waals surface area contributed by atoms with Gasteiger partial charge in [0.05, 0.1) is 6.54 Å². The number of ether oxygens (including phenoxy) is 1. The third kappa shape index (κ3) is 7.78. The van der Waals surface area contributed by atoms with Gasteiger partial charge in [0.1, 0.15) is 5.75 Å². The van der Waals surface area contributed by atoms with Gasteiger partial charge in [-0.05, 0) is 30.5 Å². The summed E-state index contributed by atoms with van der Waals surface area (Å²) in [5.74, 6) is -0.288. The molecule has 2 amide bonds. The van der Waals surface area contributed by atoms with Crippen molar-refractivity contribution in [3.05, 3.63) is 24.3 Å². The fourth-order valence-corrected chi connectivity index (χ4v) is 2.00. The molecule has 1 N–H and O–H groups in total. The normalized spacial score (nSPS) is 11.0. The van der Waals surface area contributed by atoms with Gasteiger partial charge in [-0.2, -0.15) is 11.8 Å². The standard InChI is InChI=1S/C14H17F3N2O3S/c1-19(13(21)7-8-23-2)9-12(20)18-10-3-5-11(6-4-10)22-14(15,16)17/h3-6H,7-9H2,1-2H3,(H,18,20). The molecule has 9 heteroatoms. The smallest absolute Gasteiger partial charge is 0.406 e. The Morgan fingerprint density at radius 2 is 1.87 bits per heavy atom. The van der Waals surface area contributed by atoms with Crippen molar-refractivity contribution >= 4 is 29.3 Å². The zero-order chi connectivity index (χ0) is 17.5. The second-order valence-corrected chi connectivity index (χ2v) is 5.60. The highest BCUT2D eigenvalue weighted by molar-refractivity contribution is 7.98. The molecule has 0 aliphatic rings. The lowest BCUT2D eigenvalue weighted by atomic mass is 10.3. The molecule has 23 heavy (non-hydrogen) atoms. The Bertz CT molecular complexity index is 535. The topological polar surface area (TPSA) is 58.6 Å². The van der Waals surface area contributed by atoms with Crippen LogP contribution in [0, 0.1) is 0 Å². The van der Waals surface area contributed by atoms with Gasteiger partial charge in [-0.1, -0.05) is 0 Å². The minimum Gasteiger partial charge on any atom is -0.406 e. The van der Waals surface area contributed by atoms with Crippen molar-refractivity contribution in [1.82, 2.24) is 4.90 Å². The van der Waals surface area contributed by atoms with Gasteiger partial charge in [0, 0.05) is 24.9 Å². The highest BCUT2D eigenvalue weighted by Crippen LogP contribution is 2.23. The number of thioether (sulfide) groups is 1. The number of amides is 2. The van der Waals surface area contributed by atoms with Gasteiger partial charge >= 0.3 is 6.36 Å². The summed E-state index contributed by atoms with van der Waals surface area (Å²) in [5.41, 5.74) is 0.314. The monoisotopic (exact) mass is 350 g/mol. The largest absolute Gasteiger partial charge is 0.573 e. The number of carbonyl (C=O) groups is 2. The molecule has 0 saturated carbocycles. The molecule has 0 aliphatic carbocycles. The Balaban J connectivity index is 2.49. The molecule has 1 aromatic rings. The lowest BCUT2D eigenvalue weighted by Gasteiger charge is -2.16. The minimum atomic E-state index is -4.76. The van der Waals surface area contributed by atoms with Crippen molar-refractivity contribution < 1.29 is 27.5 Å². The van der Waals surface area contributed by atoms with Gasteiger partial charge < -0.3 is 15.0 Å². The summed E-state index contributed by atoms with van der Waals surface area (Å²) >= 11 is 1.53. The molecule has 128 valence electrons. The van der Waals surface area contributed by atoms with Crippen LogP contribution in [0.4, 0.5) is 18.9 Å². The molecule has 0 unspecified atom stereocenters. The summed E-state index contributed by atoms with van der Waals surface area (Å²) in [5, 5.41) is 2.50. The molecule has 5 nitrogen and oxygen atoms in total. The average Bonchev–Trinajstić information content (AvgIpc) is 2.45. The zero-order valence-electron chi connectivity index (χ0n) is 12.6. The summed E-state index contributed by atoms with van der Waals surface area (Å²) in [6.45, 7) is -0.131. The van der Waals surface area contributed by atoms with Crippen LogP contribution in [0.2, 0.25) is 0 Å². The van der Waals surface area contributed by atoms with Crippen LogP contribution >= 0.6 is 11.8 Å². The molecule has 1 aromatic carbocycles. The molecule has 0 aliphatic heterocycles. The number of hydrogen-bond donors (Lipinski definition) is 1. The van der Waals surface area contributed by atoms with E-state index < -0.39 is 12.3 Å². The molecular weight excluding hydrogens is 333 g/mol. The molecule has 0 bridgehead atoms. The SMILES string of the molecule is CSCCC(=O)N(C)CC(=O)Nc1ccc(OC(F)(F)F)cc1. The zero-order valence-corrected chi connectivity index (χ0v) is 13.5. The number of rotatable bonds is 7. The quantitative estimate of drug-likeness (QED) is 0.822. The highest BCUT2D eigenvalue weighted by atomic mass is 32.2. The molecule has 1 rings (SSSR count). The van der Waals surface area contributed by atoms with E-state index in [-0.39, 0.29) is 18.2 Å². The van der Waals surface area contributed by atoms with E-state index in [9.17, 15) is 22.8 Å². The number of halogens is 3.